The van der Waals surface area contributed by atoms with Gasteiger partial charge in [0.2, 0.25) is 0 Å². The minimum atomic E-state index is -0.482. The summed E-state index contributed by atoms with van der Waals surface area (Å²) in [5.74, 6) is -0.663. The molecular weight excluding hydrogens is 171 g/mol. The molecule has 1 aromatic carbocycles. The summed E-state index contributed by atoms with van der Waals surface area (Å²) < 4.78 is 12.7. The first kappa shape index (κ1) is 11.6. The Morgan fingerprint density at radius 1 is 1.38 bits per heavy atom. The van der Waals surface area contributed by atoms with E-state index in [-0.39, 0.29) is 11.3 Å². The van der Waals surface area contributed by atoms with Gasteiger partial charge in [0.25, 0.3) is 0 Å². The average Bonchev–Trinajstić information content (AvgIpc) is 2.15. The van der Waals surface area contributed by atoms with E-state index < -0.39 is 5.82 Å². The predicted molar refractivity (Wildman–Crippen MR) is 49.5 cm³/mol. The summed E-state index contributed by atoms with van der Waals surface area (Å²) in [6, 6.07) is 2.23. The highest BCUT2D eigenvalue weighted by atomic mass is 19.1. The van der Waals surface area contributed by atoms with Crippen molar-refractivity contribution in [1.82, 2.24) is 0 Å². The molecule has 0 fully saturated rings. The van der Waals surface area contributed by atoms with Crippen molar-refractivity contribution in [3.05, 3.63) is 29.1 Å². The van der Waals surface area contributed by atoms with Crippen LogP contribution in [-0.2, 0) is 0 Å². The topological polar surface area (TPSA) is 37.3 Å². The lowest BCUT2D eigenvalue weighted by atomic mass is 10.1. The lowest BCUT2D eigenvalue weighted by Crippen LogP contribution is -1.87. The van der Waals surface area contributed by atoms with Crippen LogP contribution < -0.4 is 0 Å². The Morgan fingerprint density at radius 3 is 2.38 bits per heavy atom. The third kappa shape index (κ3) is 2.86. The van der Waals surface area contributed by atoms with E-state index in [1.165, 1.54) is 13.0 Å². The number of carbonyl (C=O) groups is 1. The zero-order chi connectivity index (χ0) is 10.4. The van der Waals surface area contributed by atoms with Crippen LogP contribution in [0, 0.1) is 12.7 Å². The van der Waals surface area contributed by atoms with Gasteiger partial charge in [-0.3, -0.25) is 4.79 Å². The second kappa shape index (κ2) is 5.30. The third-order valence-electron chi connectivity index (χ3n) is 1.43. The van der Waals surface area contributed by atoms with Crippen LogP contribution in [0.5, 0.6) is 5.75 Å². The fraction of sp³-hybridized carbons (Fsp3) is 0.300. The quantitative estimate of drug-likeness (QED) is 0.681. The van der Waals surface area contributed by atoms with Gasteiger partial charge in [0.1, 0.15) is 11.6 Å². The van der Waals surface area contributed by atoms with Crippen molar-refractivity contribution < 1.29 is 14.3 Å². The van der Waals surface area contributed by atoms with Gasteiger partial charge in [0.05, 0.1) is 5.56 Å². The van der Waals surface area contributed by atoms with Gasteiger partial charge < -0.3 is 5.11 Å². The van der Waals surface area contributed by atoms with Crippen molar-refractivity contribution in [3.8, 4) is 5.75 Å². The third-order valence-corrected chi connectivity index (χ3v) is 1.43. The highest BCUT2D eigenvalue weighted by Crippen LogP contribution is 2.19. The van der Waals surface area contributed by atoms with Crippen LogP contribution in [0.4, 0.5) is 4.39 Å². The summed E-state index contributed by atoms with van der Waals surface area (Å²) in [6.45, 7) is 5.52. The number of hydrogen-bond acceptors (Lipinski definition) is 2. The molecule has 0 heterocycles. The van der Waals surface area contributed by atoms with Gasteiger partial charge in [0, 0.05) is 0 Å². The Labute approximate surface area is 77.0 Å². The maximum Gasteiger partial charge on any atom is 0.153 e. The lowest BCUT2D eigenvalue weighted by molar-refractivity contribution is 0.112. The normalized spacial score (nSPS) is 8.62. The average molecular weight is 184 g/mol. The fourth-order valence-corrected chi connectivity index (χ4v) is 0.776. The number of aldehydes is 1. The van der Waals surface area contributed by atoms with Gasteiger partial charge in [-0.1, -0.05) is 13.8 Å². The summed E-state index contributed by atoms with van der Waals surface area (Å²) in [7, 11) is 0. The maximum atomic E-state index is 12.7. The second-order valence-electron chi connectivity index (χ2n) is 2.28. The Balaban J connectivity index is 0.000000671. The zero-order valence-corrected chi connectivity index (χ0v) is 7.97. The molecule has 0 unspecified atom stereocenters. The molecular formula is C10H13FO2. The molecule has 0 radical (unpaired) electrons. The van der Waals surface area contributed by atoms with Gasteiger partial charge >= 0.3 is 0 Å². The number of phenolic OH excluding ortho intramolecular Hbond substituents is 1. The number of rotatable bonds is 1. The van der Waals surface area contributed by atoms with Crippen molar-refractivity contribution in [3.63, 3.8) is 0 Å². The summed E-state index contributed by atoms with van der Waals surface area (Å²) >= 11 is 0. The van der Waals surface area contributed by atoms with Crippen LogP contribution in [0.1, 0.15) is 29.8 Å². The molecule has 13 heavy (non-hydrogen) atoms. The molecule has 0 atom stereocenters. The van der Waals surface area contributed by atoms with Gasteiger partial charge in [0.15, 0.2) is 6.29 Å². The van der Waals surface area contributed by atoms with E-state index in [1.807, 2.05) is 13.8 Å². The molecule has 2 nitrogen and oxygen atoms in total. The molecule has 0 spiro atoms. The number of aryl methyl sites for hydroxylation is 1. The van der Waals surface area contributed by atoms with Crippen LogP contribution in [0.3, 0.4) is 0 Å². The monoisotopic (exact) mass is 184 g/mol. The smallest absolute Gasteiger partial charge is 0.153 e. The van der Waals surface area contributed by atoms with Crippen LogP contribution in [0.2, 0.25) is 0 Å². The molecule has 0 aliphatic rings. The molecule has 1 rings (SSSR count). The SMILES string of the molecule is CC.Cc1cc(O)c(C=O)cc1F. The molecule has 1 aromatic rings. The molecule has 3 heteroatoms. The molecule has 0 saturated heterocycles. The summed E-state index contributed by atoms with van der Waals surface area (Å²) in [5, 5.41) is 9.02. The van der Waals surface area contributed by atoms with Gasteiger partial charge in [-0.25, -0.2) is 4.39 Å². The first-order valence-electron chi connectivity index (χ1n) is 4.09. The molecule has 0 aromatic heterocycles. The summed E-state index contributed by atoms with van der Waals surface area (Å²) in [6.07, 6.45) is 0.415. The number of aromatic hydroxyl groups is 1. The molecule has 0 bridgehead atoms. The Morgan fingerprint density at radius 2 is 1.92 bits per heavy atom. The molecule has 0 amide bonds. The minimum absolute atomic E-state index is 0.0203. The number of phenols is 1. The summed E-state index contributed by atoms with van der Waals surface area (Å²) in [5.41, 5.74) is 0.307. The van der Waals surface area contributed by atoms with E-state index >= 15 is 0 Å². The van der Waals surface area contributed by atoms with E-state index in [0.29, 0.717) is 11.8 Å². The van der Waals surface area contributed by atoms with Gasteiger partial charge in [-0.05, 0) is 24.6 Å². The van der Waals surface area contributed by atoms with E-state index in [2.05, 4.69) is 0 Å². The van der Waals surface area contributed by atoms with Gasteiger partial charge in [-0.15, -0.1) is 0 Å². The maximum absolute atomic E-state index is 12.7. The second-order valence-corrected chi connectivity index (χ2v) is 2.28. The summed E-state index contributed by atoms with van der Waals surface area (Å²) in [4.78, 5) is 10.2. The number of halogens is 1. The van der Waals surface area contributed by atoms with Crippen LogP contribution >= 0.6 is 0 Å². The largest absolute Gasteiger partial charge is 0.507 e. The first-order chi connectivity index (χ1) is 6.15. The van der Waals surface area contributed by atoms with E-state index in [1.54, 1.807) is 0 Å². The van der Waals surface area contributed by atoms with Crippen LogP contribution in [0.15, 0.2) is 12.1 Å². The standard InChI is InChI=1S/C8H7FO2.C2H6/c1-5-2-8(11)6(4-10)3-7(5)9;1-2/h2-4,11H,1H3;1-2H3. The molecule has 72 valence electrons. The van der Waals surface area contributed by atoms with E-state index in [0.717, 1.165) is 6.07 Å². The van der Waals surface area contributed by atoms with Gasteiger partial charge in [-0.2, -0.15) is 0 Å². The first-order valence-corrected chi connectivity index (χ1v) is 4.09. The highest BCUT2D eigenvalue weighted by Gasteiger charge is 2.04. The fourth-order valence-electron chi connectivity index (χ4n) is 0.776. The van der Waals surface area contributed by atoms with E-state index in [9.17, 15) is 9.18 Å². The Hall–Kier alpha value is -1.38. The zero-order valence-electron chi connectivity index (χ0n) is 7.97. The van der Waals surface area contributed by atoms with Crippen LogP contribution in [0.25, 0.3) is 0 Å². The predicted octanol–water partition coefficient (Wildman–Crippen LogP) is 2.68. The number of benzene rings is 1. The number of hydrogen-bond donors (Lipinski definition) is 1. The van der Waals surface area contributed by atoms with Crippen molar-refractivity contribution in [2.45, 2.75) is 20.8 Å². The lowest BCUT2D eigenvalue weighted by Gasteiger charge is -1.99. The minimum Gasteiger partial charge on any atom is -0.507 e. The Bertz CT molecular complexity index is 295. The van der Waals surface area contributed by atoms with E-state index in [4.69, 9.17) is 5.11 Å². The number of carbonyl (C=O) groups excluding carboxylic acids is 1. The van der Waals surface area contributed by atoms with Crippen molar-refractivity contribution in [1.29, 1.82) is 0 Å². The molecule has 0 aliphatic heterocycles. The molecule has 1 N–H and O–H groups in total. The highest BCUT2D eigenvalue weighted by molar-refractivity contribution is 5.79. The van der Waals surface area contributed by atoms with Crippen molar-refractivity contribution in [2.75, 3.05) is 0 Å². The van der Waals surface area contributed by atoms with Crippen molar-refractivity contribution >= 4 is 6.29 Å². The molecule has 0 aliphatic carbocycles. The van der Waals surface area contributed by atoms with Crippen LogP contribution in [-0.4, -0.2) is 11.4 Å². The Kier molecular flexibility index (Phi) is 4.74. The van der Waals surface area contributed by atoms with Crippen molar-refractivity contribution in [2.24, 2.45) is 0 Å². The molecule has 0 saturated carbocycles.